The summed E-state index contributed by atoms with van der Waals surface area (Å²) in [6.45, 7) is 10.8. The molecule has 4 rings (SSSR count). The lowest BCUT2D eigenvalue weighted by atomic mass is 10.0. The Hall–Kier alpha value is -3.38. The van der Waals surface area contributed by atoms with Gasteiger partial charge in [-0.3, -0.25) is 9.78 Å². The summed E-state index contributed by atoms with van der Waals surface area (Å²) in [7, 11) is 0. The first-order valence-corrected chi connectivity index (χ1v) is 12.2. The van der Waals surface area contributed by atoms with Gasteiger partial charge in [0.1, 0.15) is 12.4 Å². The van der Waals surface area contributed by atoms with Crippen LogP contribution in [0.1, 0.15) is 50.3 Å². The first-order valence-electron chi connectivity index (χ1n) is 12.2. The molecule has 0 spiro atoms. The minimum atomic E-state index is -0.918. The average molecular weight is 474 g/mol. The van der Waals surface area contributed by atoms with Crippen molar-refractivity contribution in [1.29, 1.82) is 0 Å². The fourth-order valence-corrected chi connectivity index (χ4v) is 4.21. The van der Waals surface area contributed by atoms with Crippen molar-refractivity contribution in [1.82, 2.24) is 4.98 Å². The van der Waals surface area contributed by atoms with E-state index in [1.165, 1.54) is 5.56 Å². The number of anilines is 2. The van der Waals surface area contributed by atoms with E-state index >= 15 is 0 Å². The molecule has 2 heterocycles. The van der Waals surface area contributed by atoms with Gasteiger partial charge >= 0.3 is 0 Å². The first-order chi connectivity index (χ1) is 16.6. The molecule has 0 unspecified atom stereocenters. The smallest absolute Gasteiger partial charge is 0.246 e. The topological polar surface area (TPSA) is 74.7 Å². The number of aryl methyl sites for hydroxylation is 1. The largest absolute Gasteiger partial charge is 0.490 e. The highest BCUT2D eigenvalue weighted by Gasteiger charge is 2.27. The van der Waals surface area contributed by atoms with Crippen molar-refractivity contribution in [3.05, 3.63) is 71.4 Å². The normalized spacial score (nSPS) is 13.2. The third-order valence-corrected chi connectivity index (χ3v) is 6.28. The standard InChI is InChI=1S/C29H35N3O3/c1-19(2)22-11-12-24(30-16-22)21-10-9-20(3)25(15-21)31-17-28(33)32-14-13-23-26(32)7-6-8-27(23)35-18-29(4,5)34/h6-12,15-16,19,31,34H,13-14,17-18H2,1-5H3. The molecule has 35 heavy (non-hydrogen) atoms. The lowest BCUT2D eigenvalue weighted by Crippen LogP contribution is -2.34. The van der Waals surface area contributed by atoms with Crippen molar-refractivity contribution in [3.63, 3.8) is 0 Å². The molecule has 0 aliphatic carbocycles. The number of pyridine rings is 1. The zero-order valence-electron chi connectivity index (χ0n) is 21.3. The summed E-state index contributed by atoms with van der Waals surface area (Å²) in [5.74, 6) is 1.18. The number of ether oxygens (including phenoxy) is 1. The van der Waals surface area contributed by atoms with Crippen molar-refractivity contribution in [2.45, 2.75) is 52.6 Å². The quantitative estimate of drug-likeness (QED) is 0.462. The van der Waals surface area contributed by atoms with Crippen LogP contribution < -0.4 is 15.0 Å². The Balaban J connectivity index is 1.45. The van der Waals surface area contributed by atoms with Crippen LogP contribution in [0.15, 0.2) is 54.7 Å². The Morgan fingerprint density at radius 3 is 2.69 bits per heavy atom. The number of carbonyl (C=O) groups is 1. The Bertz CT molecular complexity index is 1200. The van der Waals surface area contributed by atoms with Gasteiger partial charge in [-0.25, -0.2) is 0 Å². The molecular formula is C29H35N3O3. The van der Waals surface area contributed by atoms with Crippen LogP contribution in [0.4, 0.5) is 11.4 Å². The molecule has 0 saturated carbocycles. The van der Waals surface area contributed by atoms with Gasteiger partial charge in [-0.2, -0.15) is 0 Å². The lowest BCUT2D eigenvalue weighted by Gasteiger charge is -2.21. The molecule has 0 bridgehead atoms. The number of amides is 1. The van der Waals surface area contributed by atoms with Crippen LogP contribution in [-0.2, 0) is 11.2 Å². The average Bonchev–Trinajstić information content (AvgIpc) is 3.26. The number of aromatic nitrogens is 1. The SMILES string of the molecule is Cc1ccc(-c2ccc(C(C)C)cn2)cc1NCC(=O)N1CCc2c(OCC(C)(C)O)cccc21. The zero-order chi connectivity index (χ0) is 25.2. The van der Waals surface area contributed by atoms with Gasteiger partial charge in [-0.15, -0.1) is 0 Å². The van der Waals surface area contributed by atoms with Gasteiger partial charge in [0.05, 0.1) is 23.5 Å². The number of aliphatic hydroxyl groups is 1. The van der Waals surface area contributed by atoms with E-state index in [1.54, 1.807) is 13.8 Å². The number of fused-ring (bicyclic) bond motifs is 1. The fraction of sp³-hybridized carbons (Fsp3) is 0.379. The summed E-state index contributed by atoms with van der Waals surface area (Å²) < 4.78 is 5.85. The number of nitrogens with zero attached hydrogens (tertiary/aromatic N) is 2. The second kappa shape index (κ2) is 10.1. The van der Waals surface area contributed by atoms with E-state index in [4.69, 9.17) is 4.74 Å². The fourth-order valence-electron chi connectivity index (χ4n) is 4.21. The summed E-state index contributed by atoms with van der Waals surface area (Å²) in [6.07, 6.45) is 2.66. The molecule has 0 atom stereocenters. The highest BCUT2D eigenvalue weighted by atomic mass is 16.5. The summed E-state index contributed by atoms with van der Waals surface area (Å²) in [5, 5.41) is 13.3. The van der Waals surface area contributed by atoms with Crippen LogP contribution in [0.25, 0.3) is 11.3 Å². The van der Waals surface area contributed by atoms with Crippen LogP contribution in [0.3, 0.4) is 0 Å². The van der Waals surface area contributed by atoms with E-state index in [9.17, 15) is 9.90 Å². The second-order valence-corrected chi connectivity index (χ2v) is 10.2. The lowest BCUT2D eigenvalue weighted by molar-refractivity contribution is -0.116. The third kappa shape index (κ3) is 5.82. The van der Waals surface area contributed by atoms with Crippen LogP contribution in [0.5, 0.6) is 5.75 Å². The Labute approximate surface area is 208 Å². The highest BCUT2D eigenvalue weighted by molar-refractivity contribution is 5.98. The van der Waals surface area contributed by atoms with Gasteiger partial charge in [0.15, 0.2) is 0 Å². The van der Waals surface area contributed by atoms with Crippen molar-refractivity contribution in [2.75, 3.05) is 29.9 Å². The molecule has 0 fully saturated rings. The molecule has 1 aliphatic heterocycles. The summed E-state index contributed by atoms with van der Waals surface area (Å²) in [5.41, 5.74) is 6.11. The van der Waals surface area contributed by atoms with E-state index in [-0.39, 0.29) is 19.1 Å². The molecule has 0 saturated heterocycles. The van der Waals surface area contributed by atoms with Crippen molar-refractivity contribution < 1.29 is 14.6 Å². The van der Waals surface area contributed by atoms with Gasteiger partial charge in [-0.1, -0.05) is 38.1 Å². The zero-order valence-corrected chi connectivity index (χ0v) is 21.3. The maximum atomic E-state index is 13.1. The minimum Gasteiger partial charge on any atom is -0.490 e. The number of hydrogen-bond acceptors (Lipinski definition) is 5. The van der Waals surface area contributed by atoms with Crippen molar-refractivity contribution in [3.8, 4) is 17.0 Å². The van der Waals surface area contributed by atoms with E-state index < -0.39 is 5.60 Å². The summed E-state index contributed by atoms with van der Waals surface area (Å²) >= 11 is 0. The number of rotatable bonds is 8. The third-order valence-electron chi connectivity index (χ3n) is 6.28. The first kappa shape index (κ1) is 24.7. The minimum absolute atomic E-state index is 0.00704. The molecule has 1 aromatic heterocycles. The Morgan fingerprint density at radius 1 is 1.20 bits per heavy atom. The maximum Gasteiger partial charge on any atom is 0.246 e. The predicted octanol–water partition coefficient (Wildman–Crippen LogP) is 5.33. The molecule has 2 aromatic carbocycles. The summed E-state index contributed by atoms with van der Waals surface area (Å²) in [4.78, 5) is 19.6. The Kier molecular flexibility index (Phi) is 7.13. The van der Waals surface area contributed by atoms with Gasteiger partial charge in [0.2, 0.25) is 5.91 Å². The van der Waals surface area contributed by atoms with Crippen LogP contribution in [-0.4, -0.2) is 41.3 Å². The van der Waals surface area contributed by atoms with Gasteiger partial charge in [-0.05, 0) is 68.5 Å². The van der Waals surface area contributed by atoms with Crippen molar-refractivity contribution >= 4 is 17.3 Å². The molecule has 1 aliphatic rings. The van der Waals surface area contributed by atoms with Crippen LogP contribution in [0, 0.1) is 6.92 Å². The van der Waals surface area contributed by atoms with E-state index in [2.05, 4.69) is 48.4 Å². The van der Waals surface area contributed by atoms with Crippen LogP contribution in [0.2, 0.25) is 0 Å². The molecule has 3 aromatic rings. The molecule has 6 heteroatoms. The molecule has 2 N–H and O–H groups in total. The summed E-state index contributed by atoms with van der Waals surface area (Å²) in [6, 6.07) is 16.1. The van der Waals surface area contributed by atoms with Crippen molar-refractivity contribution in [2.24, 2.45) is 0 Å². The van der Waals surface area contributed by atoms with E-state index in [1.807, 2.05) is 42.3 Å². The molecule has 184 valence electrons. The molecule has 1 amide bonds. The predicted molar refractivity (Wildman–Crippen MR) is 141 cm³/mol. The van der Waals surface area contributed by atoms with Gasteiger partial charge in [0.25, 0.3) is 0 Å². The number of carbonyl (C=O) groups excluding carboxylic acids is 1. The second-order valence-electron chi connectivity index (χ2n) is 10.2. The highest BCUT2D eigenvalue weighted by Crippen LogP contribution is 2.35. The van der Waals surface area contributed by atoms with Crippen LogP contribution >= 0.6 is 0 Å². The molecular weight excluding hydrogens is 438 g/mol. The number of hydrogen-bond donors (Lipinski definition) is 2. The number of benzene rings is 2. The monoisotopic (exact) mass is 473 g/mol. The van der Waals surface area contributed by atoms with Gasteiger partial charge in [0, 0.05) is 29.6 Å². The number of nitrogens with one attached hydrogen (secondary N) is 1. The van der Waals surface area contributed by atoms with E-state index in [0.29, 0.717) is 12.5 Å². The maximum absolute atomic E-state index is 13.1. The Morgan fingerprint density at radius 2 is 2.00 bits per heavy atom. The molecule has 6 nitrogen and oxygen atoms in total. The molecule has 0 radical (unpaired) electrons. The van der Waals surface area contributed by atoms with E-state index in [0.717, 1.165) is 45.9 Å². The van der Waals surface area contributed by atoms with Gasteiger partial charge < -0.3 is 20.1 Å².